The van der Waals surface area contributed by atoms with Crippen LogP contribution < -0.4 is 4.72 Å². The fourth-order valence-electron chi connectivity index (χ4n) is 1.30. The molecule has 0 fully saturated rings. The Morgan fingerprint density at radius 2 is 2.12 bits per heavy atom. The van der Waals surface area contributed by atoms with E-state index in [1.807, 2.05) is 6.07 Å². The fourth-order valence-corrected chi connectivity index (χ4v) is 2.29. The number of H-pyrrole nitrogens is 1. The van der Waals surface area contributed by atoms with E-state index in [2.05, 4.69) is 19.7 Å². The Kier molecular flexibility index (Phi) is 3.38. The molecule has 0 saturated carbocycles. The van der Waals surface area contributed by atoms with Crippen LogP contribution in [0.5, 0.6) is 0 Å². The van der Waals surface area contributed by atoms with Crippen LogP contribution in [0.25, 0.3) is 0 Å². The molecule has 0 aliphatic rings. The van der Waals surface area contributed by atoms with Gasteiger partial charge in [-0.15, -0.1) is 0 Å². The summed E-state index contributed by atoms with van der Waals surface area (Å²) in [4.78, 5) is 10.5. The van der Waals surface area contributed by atoms with Crippen molar-refractivity contribution in [2.75, 3.05) is 10.5 Å². The summed E-state index contributed by atoms with van der Waals surface area (Å²) in [5, 5.41) is 0. The second-order valence-corrected chi connectivity index (χ2v) is 5.27. The zero-order valence-corrected chi connectivity index (χ0v) is 9.81. The highest BCUT2D eigenvalue weighted by molar-refractivity contribution is 7.92. The number of aryl methyl sites for hydroxylation is 1. The third-order valence-corrected chi connectivity index (χ3v) is 3.35. The molecule has 2 rings (SSSR count). The minimum Gasteiger partial charge on any atom is -0.330 e. The van der Waals surface area contributed by atoms with Crippen molar-refractivity contribution in [2.45, 2.75) is 6.42 Å². The highest BCUT2D eigenvalue weighted by Gasteiger charge is 2.11. The van der Waals surface area contributed by atoms with Crippen molar-refractivity contribution in [1.29, 1.82) is 0 Å². The van der Waals surface area contributed by atoms with Crippen LogP contribution in [0.15, 0.2) is 36.8 Å². The molecule has 17 heavy (non-hydrogen) atoms. The number of rotatable bonds is 5. The van der Waals surface area contributed by atoms with Gasteiger partial charge >= 0.3 is 0 Å². The van der Waals surface area contributed by atoms with Crippen molar-refractivity contribution >= 4 is 16.0 Å². The summed E-state index contributed by atoms with van der Waals surface area (Å²) in [7, 11) is -3.39. The molecule has 6 nitrogen and oxygen atoms in total. The molecule has 0 amide bonds. The average molecular weight is 252 g/mol. The Bertz CT molecular complexity index is 551. The molecule has 2 N–H and O–H groups in total. The maximum atomic E-state index is 11.7. The number of hydrogen-bond donors (Lipinski definition) is 2. The van der Waals surface area contributed by atoms with Gasteiger partial charge < -0.3 is 4.98 Å². The van der Waals surface area contributed by atoms with Gasteiger partial charge in [0.25, 0.3) is 0 Å². The summed E-state index contributed by atoms with van der Waals surface area (Å²) in [5.41, 5.74) is 0.748. The summed E-state index contributed by atoms with van der Waals surface area (Å²) in [5.74, 6) is 0.205. The first-order valence-electron chi connectivity index (χ1n) is 5.05. The highest BCUT2D eigenvalue weighted by atomic mass is 32.2. The third kappa shape index (κ3) is 3.56. The molecule has 7 heteroatoms. The second-order valence-electron chi connectivity index (χ2n) is 3.43. The molecular weight excluding hydrogens is 240 g/mol. The first kappa shape index (κ1) is 11.6. The monoisotopic (exact) mass is 252 g/mol. The predicted molar refractivity (Wildman–Crippen MR) is 63.9 cm³/mol. The van der Waals surface area contributed by atoms with Crippen LogP contribution in [0.3, 0.4) is 0 Å². The van der Waals surface area contributed by atoms with E-state index in [1.54, 1.807) is 24.5 Å². The third-order valence-electron chi connectivity index (χ3n) is 2.10. The van der Waals surface area contributed by atoms with Crippen molar-refractivity contribution < 1.29 is 8.42 Å². The van der Waals surface area contributed by atoms with E-state index >= 15 is 0 Å². The molecule has 0 saturated heterocycles. The molecule has 0 atom stereocenters. The summed E-state index contributed by atoms with van der Waals surface area (Å²) >= 11 is 0. The number of anilines is 1. The Morgan fingerprint density at radius 3 is 2.76 bits per heavy atom. The second kappa shape index (κ2) is 4.96. The van der Waals surface area contributed by atoms with E-state index in [9.17, 15) is 8.42 Å². The largest absolute Gasteiger partial charge is 0.330 e. The first-order chi connectivity index (χ1) is 8.16. The van der Waals surface area contributed by atoms with Crippen LogP contribution in [-0.4, -0.2) is 29.1 Å². The minimum atomic E-state index is -3.39. The number of hydrogen-bond acceptors (Lipinski definition) is 4. The molecule has 0 unspecified atom stereocenters. The van der Waals surface area contributed by atoms with Gasteiger partial charge in [-0.1, -0.05) is 6.07 Å². The number of aromatic nitrogens is 3. The quantitative estimate of drug-likeness (QED) is 0.823. The van der Waals surface area contributed by atoms with Crippen LogP contribution in [-0.2, 0) is 16.4 Å². The van der Waals surface area contributed by atoms with E-state index in [0.29, 0.717) is 6.42 Å². The van der Waals surface area contributed by atoms with E-state index in [4.69, 9.17) is 0 Å². The smallest absolute Gasteiger partial charge is 0.235 e. The molecule has 0 spiro atoms. The summed E-state index contributed by atoms with van der Waals surface area (Å²) in [6.07, 6.45) is 5.05. The van der Waals surface area contributed by atoms with Crippen molar-refractivity contribution in [3.8, 4) is 0 Å². The van der Waals surface area contributed by atoms with E-state index in [0.717, 1.165) is 5.69 Å². The van der Waals surface area contributed by atoms with Gasteiger partial charge in [-0.2, -0.15) is 0 Å². The van der Waals surface area contributed by atoms with Crippen LogP contribution in [0.4, 0.5) is 5.95 Å². The molecule has 2 aromatic heterocycles. The SMILES string of the molecule is O=S(=O)(CCc1ccccn1)Nc1ncc[nH]1. The van der Waals surface area contributed by atoms with Crippen molar-refractivity contribution in [2.24, 2.45) is 0 Å². The van der Waals surface area contributed by atoms with E-state index < -0.39 is 10.0 Å². The molecule has 0 radical (unpaired) electrons. The molecule has 90 valence electrons. The predicted octanol–water partition coefficient (Wildman–Crippen LogP) is 0.789. The van der Waals surface area contributed by atoms with Crippen molar-refractivity contribution in [3.63, 3.8) is 0 Å². The topological polar surface area (TPSA) is 87.7 Å². The van der Waals surface area contributed by atoms with Gasteiger partial charge in [0.2, 0.25) is 16.0 Å². The van der Waals surface area contributed by atoms with Gasteiger partial charge in [0.15, 0.2) is 0 Å². The maximum absolute atomic E-state index is 11.7. The Balaban J connectivity index is 1.94. The lowest BCUT2D eigenvalue weighted by Gasteiger charge is -2.04. The van der Waals surface area contributed by atoms with Crippen molar-refractivity contribution in [3.05, 3.63) is 42.5 Å². The van der Waals surface area contributed by atoms with Gasteiger partial charge in [0.05, 0.1) is 5.75 Å². The molecule has 2 heterocycles. The normalized spacial score (nSPS) is 11.3. The first-order valence-corrected chi connectivity index (χ1v) is 6.71. The lowest BCUT2D eigenvalue weighted by atomic mass is 10.3. The molecule has 0 aliphatic carbocycles. The molecule has 0 bridgehead atoms. The van der Waals surface area contributed by atoms with Crippen LogP contribution in [0.2, 0.25) is 0 Å². The zero-order valence-electron chi connectivity index (χ0n) is 9.00. The van der Waals surface area contributed by atoms with Gasteiger partial charge in [-0.3, -0.25) is 9.71 Å². The highest BCUT2D eigenvalue weighted by Crippen LogP contribution is 2.03. The van der Waals surface area contributed by atoms with Gasteiger partial charge in [0.1, 0.15) is 0 Å². The number of pyridine rings is 1. The van der Waals surface area contributed by atoms with Crippen LogP contribution >= 0.6 is 0 Å². The number of nitrogens with one attached hydrogen (secondary N) is 2. The Hall–Kier alpha value is -1.89. The van der Waals surface area contributed by atoms with Gasteiger partial charge in [-0.05, 0) is 12.1 Å². The van der Waals surface area contributed by atoms with Crippen LogP contribution in [0.1, 0.15) is 5.69 Å². The summed E-state index contributed by atoms with van der Waals surface area (Å²) in [6.45, 7) is 0. The maximum Gasteiger partial charge on any atom is 0.235 e. The van der Waals surface area contributed by atoms with E-state index in [1.165, 1.54) is 6.20 Å². The summed E-state index contributed by atoms with van der Waals surface area (Å²) in [6, 6.07) is 5.41. The standard InChI is InChI=1S/C10H12N4O2S/c15-17(16,14-10-12-6-7-13-10)8-4-9-3-1-2-5-11-9/h1-3,5-7H,4,8H2,(H2,12,13,14). The number of sulfonamides is 1. The van der Waals surface area contributed by atoms with Crippen LogP contribution in [0, 0.1) is 0 Å². The molecule has 0 aromatic carbocycles. The Labute approximate surface area is 99.2 Å². The number of imidazole rings is 1. The summed E-state index contributed by atoms with van der Waals surface area (Å²) < 4.78 is 25.7. The zero-order chi connectivity index (χ0) is 12.1. The lowest BCUT2D eigenvalue weighted by molar-refractivity contribution is 0.599. The van der Waals surface area contributed by atoms with Crippen molar-refractivity contribution in [1.82, 2.24) is 15.0 Å². The minimum absolute atomic E-state index is 0.0231. The lowest BCUT2D eigenvalue weighted by Crippen LogP contribution is -2.19. The fraction of sp³-hybridized carbons (Fsp3) is 0.200. The Morgan fingerprint density at radius 1 is 1.24 bits per heavy atom. The number of nitrogens with zero attached hydrogens (tertiary/aromatic N) is 2. The molecular formula is C10H12N4O2S. The average Bonchev–Trinajstić information content (AvgIpc) is 2.80. The van der Waals surface area contributed by atoms with Gasteiger partial charge in [0, 0.05) is 30.7 Å². The molecule has 2 aromatic rings. The van der Waals surface area contributed by atoms with E-state index in [-0.39, 0.29) is 11.7 Å². The molecule has 0 aliphatic heterocycles. The number of aromatic amines is 1. The van der Waals surface area contributed by atoms with Gasteiger partial charge in [-0.25, -0.2) is 13.4 Å².